The molecule has 0 saturated heterocycles. The van der Waals surface area contributed by atoms with Crippen LogP contribution in [0.3, 0.4) is 0 Å². The number of benzene rings is 2. The number of nitrogens with one attached hydrogen (secondary N) is 1. The number of nitrogens with zero attached hydrogens (tertiary/aromatic N) is 1. The molecule has 4 nitrogen and oxygen atoms in total. The van der Waals surface area contributed by atoms with Gasteiger partial charge in [-0.15, -0.1) is 24.0 Å². The van der Waals surface area contributed by atoms with Crippen molar-refractivity contribution in [1.29, 1.82) is 0 Å². The summed E-state index contributed by atoms with van der Waals surface area (Å²) in [6.07, 6.45) is -4.49. The Labute approximate surface area is 161 Å². The van der Waals surface area contributed by atoms with Crippen molar-refractivity contribution >= 4 is 35.6 Å². The molecule has 0 atom stereocenters. The summed E-state index contributed by atoms with van der Waals surface area (Å²) in [6.45, 7) is 1.76. The van der Waals surface area contributed by atoms with Crippen molar-refractivity contribution in [3.05, 3.63) is 59.2 Å². The van der Waals surface area contributed by atoms with E-state index in [-0.39, 0.29) is 47.8 Å². The summed E-state index contributed by atoms with van der Waals surface area (Å²) < 4.78 is 44.2. The lowest BCUT2D eigenvalue weighted by Crippen LogP contribution is -2.22. The SMILES string of the molecule is COc1ccc(CN=C(N)Nc2ccc(C)cc2)c(C(F)(F)F)c1.I. The van der Waals surface area contributed by atoms with E-state index in [1.165, 1.54) is 19.2 Å². The van der Waals surface area contributed by atoms with Gasteiger partial charge >= 0.3 is 6.18 Å². The number of aryl methyl sites for hydroxylation is 1. The highest BCUT2D eigenvalue weighted by Crippen LogP contribution is 2.34. The molecule has 0 saturated carbocycles. The van der Waals surface area contributed by atoms with Gasteiger partial charge in [0.1, 0.15) is 5.75 Å². The van der Waals surface area contributed by atoms with E-state index < -0.39 is 11.7 Å². The molecule has 3 N–H and O–H groups in total. The van der Waals surface area contributed by atoms with E-state index in [1.807, 2.05) is 31.2 Å². The molecule has 0 bridgehead atoms. The minimum atomic E-state index is -4.49. The number of ether oxygens (including phenoxy) is 1. The first-order valence-electron chi connectivity index (χ1n) is 7.17. The molecule has 2 aromatic carbocycles. The van der Waals surface area contributed by atoms with Crippen molar-refractivity contribution in [3.8, 4) is 5.75 Å². The van der Waals surface area contributed by atoms with Crippen LogP contribution in [0.5, 0.6) is 5.75 Å². The van der Waals surface area contributed by atoms with Crippen LogP contribution in [0.1, 0.15) is 16.7 Å². The highest BCUT2D eigenvalue weighted by atomic mass is 127. The minimum Gasteiger partial charge on any atom is -0.497 e. The first-order chi connectivity index (χ1) is 11.3. The molecule has 0 heterocycles. The zero-order valence-electron chi connectivity index (χ0n) is 13.7. The van der Waals surface area contributed by atoms with Crippen LogP contribution in [0, 0.1) is 6.92 Å². The van der Waals surface area contributed by atoms with Gasteiger partial charge in [0.25, 0.3) is 0 Å². The van der Waals surface area contributed by atoms with Crippen LogP contribution in [0.15, 0.2) is 47.5 Å². The highest BCUT2D eigenvalue weighted by molar-refractivity contribution is 14.0. The third kappa shape index (κ3) is 6.11. The molecule has 8 heteroatoms. The molecule has 136 valence electrons. The Bertz CT molecular complexity index is 731. The van der Waals surface area contributed by atoms with Crippen molar-refractivity contribution in [3.63, 3.8) is 0 Å². The second-order valence-electron chi connectivity index (χ2n) is 5.21. The third-order valence-corrected chi connectivity index (χ3v) is 3.37. The van der Waals surface area contributed by atoms with E-state index in [0.717, 1.165) is 11.6 Å². The number of guanidine groups is 1. The molecule has 2 aromatic rings. The minimum absolute atomic E-state index is 0. The van der Waals surface area contributed by atoms with Gasteiger partial charge in [-0.2, -0.15) is 13.2 Å². The Morgan fingerprint density at radius 2 is 1.80 bits per heavy atom. The average molecular weight is 465 g/mol. The van der Waals surface area contributed by atoms with Crippen LogP contribution >= 0.6 is 24.0 Å². The lowest BCUT2D eigenvalue weighted by molar-refractivity contribution is -0.138. The van der Waals surface area contributed by atoms with Gasteiger partial charge in [0.05, 0.1) is 19.2 Å². The van der Waals surface area contributed by atoms with Gasteiger partial charge in [0.2, 0.25) is 0 Å². The van der Waals surface area contributed by atoms with Gasteiger partial charge in [-0.1, -0.05) is 23.8 Å². The number of anilines is 1. The first kappa shape index (κ1) is 21.1. The van der Waals surface area contributed by atoms with E-state index in [1.54, 1.807) is 0 Å². The highest BCUT2D eigenvalue weighted by Gasteiger charge is 2.33. The predicted molar refractivity (Wildman–Crippen MR) is 104 cm³/mol. The summed E-state index contributed by atoms with van der Waals surface area (Å²) in [7, 11) is 1.32. The predicted octanol–water partition coefficient (Wildman–Crippen LogP) is 4.57. The van der Waals surface area contributed by atoms with Crippen LogP contribution in [-0.4, -0.2) is 13.1 Å². The molecule has 0 fully saturated rings. The van der Waals surface area contributed by atoms with E-state index in [9.17, 15) is 13.2 Å². The number of rotatable bonds is 4. The molecular formula is C17H19F3IN3O. The fraction of sp³-hybridized carbons (Fsp3) is 0.235. The zero-order chi connectivity index (χ0) is 17.7. The van der Waals surface area contributed by atoms with Crippen LogP contribution in [-0.2, 0) is 12.7 Å². The largest absolute Gasteiger partial charge is 0.497 e. The van der Waals surface area contributed by atoms with Gasteiger partial charge in [-0.05, 0) is 36.8 Å². The van der Waals surface area contributed by atoms with Crippen LogP contribution < -0.4 is 15.8 Å². The summed E-state index contributed by atoms with van der Waals surface area (Å²) in [6, 6.07) is 11.2. The van der Waals surface area contributed by atoms with E-state index >= 15 is 0 Å². The van der Waals surface area contributed by atoms with E-state index in [0.29, 0.717) is 5.69 Å². The molecule has 0 aliphatic carbocycles. The second kappa shape index (κ2) is 8.93. The van der Waals surface area contributed by atoms with E-state index in [4.69, 9.17) is 10.5 Å². The maximum absolute atomic E-state index is 13.1. The van der Waals surface area contributed by atoms with Crippen LogP contribution in [0.4, 0.5) is 18.9 Å². The molecule has 2 rings (SSSR count). The Kier molecular flexibility index (Phi) is 7.53. The Hall–Kier alpha value is -1.97. The van der Waals surface area contributed by atoms with Gasteiger partial charge in [-0.3, -0.25) is 0 Å². The number of alkyl halides is 3. The van der Waals surface area contributed by atoms with Crippen LogP contribution in [0.25, 0.3) is 0 Å². The summed E-state index contributed by atoms with van der Waals surface area (Å²) in [4.78, 5) is 3.98. The maximum atomic E-state index is 13.1. The Balaban J connectivity index is 0.00000312. The average Bonchev–Trinajstić information content (AvgIpc) is 2.54. The topological polar surface area (TPSA) is 59.6 Å². The summed E-state index contributed by atoms with van der Waals surface area (Å²) in [5.41, 5.74) is 6.78. The lowest BCUT2D eigenvalue weighted by Gasteiger charge is -2.13. The maximum Gasteiger partial charge on any atom is 0.416 e. The molecule has 0 radical (unpaired) electrons. The molecule has 0 unspecified atom stereocenters. The number of hydrogen-bond acceptors (Lipinski definition) is 2. The summed E-state index contributed by atoms with van der Waals surface area (Å²) >= 11 is 0. The molecule has 0 aliphatic heterocycles. The fourth-order valence-electron chi connectivity index (χ4n) is 2.08. The quantitative estimate of drug-likeness (QED) is 0.395. The van der Waals surface area contributed by atoms with Crippen molar-refractivity contribution in [2.24, 2.45) is 10.7 Å². The van der Waals surface area contributed by atoms with Crippen molar-refractivity contribution in [2.75, 3.05) is 12.4 Å². The van der Waals surface area contributed by atoms with Gasteiger partial charge < -0.3 is 15.8 Å². The standard InChI is InChI=1S/C17H18F3N3O.HI/c1-11-3-6-13(7-4-11)23-16(21)22-10-12-5-8-14(24-2)9-15(12)17(18,19)20;/h3-9H,10H2,1-2H3,(H3,21,22,23);1H. The summed E-state index contributed by atoms with van der Waals surface area (Å²) in [5, 5.41) is 2.84. The summed E-state index contributed by atoms with van der Waals surface area (Å²) in [5.74, 6) is 0.184. The number of hydrogen-bond donors (Lipinski definition) is 2. The van der Waals surface area contributed by atoms with Crippen molar-refractivity contribution in [2.45, 2.75) is 19.6 Å². The van der Waals surface area contributed by atoms with Gasteiger partial charge in [0.15, 0.2) is 5.96 Å². The molecule has 0 aliphatic rings. The molecule has 0 spiro atoms. The smallest absolute Gasteiger partial charge is 0.416 e. The first-order valence-corrected chi connectivity index (χ1v) is 7.17. The second-order valence-corrected chi connectivity index (χ2v) is 5.21. The zero-order valence-corrected chi connectivity index (χ0v) is 16.1. The third-order valence-electron chi connectivity index (χ3n) is 3.37. The Morgan fingerprint density at radius 3 is 2.36 bits per heavy atom. The van der Waals surface area contributed by atoms with Gasteiger partial charge in [0, 0.05) is 5.69 Å². The normalized spacial score (nSPS) is 11.6. The molecule has 0 amide bonds. The molecule has 0 aromatic heterocycles. The van der Waals surface area contributed by atoms with E-state index in [2.05, 4.69) is 10.3 Å². The lowest BCUT2D eigenvalue weighted by atomic mass is 10.1. The number of nitrogens with two attached hydrogens (primary N) is 1. The van der Waals surface area contributed by atoms with Crippen molar-refractivity contribution < 1.29 is 17.9 Å². The molecular weight excluding hydrogens is 446 g/mol. The number of methoxy groups -OCH3 is 1. The number of halogens is 4. The van der Waals surface area contributed by atoms with Crippen molar-refractivity contribution in [1.82, 2.24) is 0 Å². The Morgan fingerprint density at radius 1 is 1.16 bits per heavy atom. The fourth-order valence-corrected chi connectivity index (χ4v) is 2.08. The number of aliphatic imine (C=N–C) groups is 1. The van der Waals surface area contributed by atoms with Crippen LogP contribution in [0.2, 0.25) is 0 Å². The molecule has 25 heavy (non-hydrogen) atoms. The monoisotopic (exact) mass is 465 g/mol. The van der Waals surface area contributed by atoms with Gasteiger partial charge in [-0.25, -0.2) is 4.99 Å².